The Morgan fingerprint density at radius 1 is 1.22 bits per heavy atom. The van der Waals surface area contributed by atoms with Gasteiger partial charge >= 0.3 is 0 Å². The smallest absolute Gasteiger partial charge is 0.0457 e. The first-order chi connectivity index (χ1) is 8.86. The molecule has 0 unspecified atom stereocenters. The van der Waals surface area contributed by atoms with Gasteiger partial charge < -0.3 is 16.0 Å². The lowest BCUT2D eigenvalue weighted by atomic mass is 10.1. The third-order valence-corrected chi connectivity index (χ3v) is 3.67. The van der Waals surface area contributed by atoms with Gasteiger partial charge in [-0.1, -0.05) is 6.07 Å². The number of nitrogens with zero attached hydrogens (tertiary/aromatic N) is 1. The normalized spacial score (nSPS) is 17.4. The number of piperazine rings is 1. The number of H-pyrrole nitrogens is 1. The molecule has 0 atom stereocenters. The fourth-order valence-corrected chi connectivity index (χ4v) is 2.59. The molecule has 2 aromatic rings. The predicted octanol–water partition coefficient (Wildman–Crippen LogP) is 1.03. The Balaban J connectivity index is 1.86. The van der Waals surface area contributed by atoms with E-state index in [1.807, 2.05) is 0 Å². The van der Waals surface area contributed by atoms with Crippen LogP contribution >= 0.6 is 0 Å². The van der Waals surface area contributed by atoms with Gasteiger partial charge in [0.05, 0.1) is 0 Å². The van der Waals surface area contributed by atoms with Gasteiger partial charge in [-0.05, 0) is 23.3 Å². The second-order valence-electron chi connectivity index (χ2n) is 4.92. The van der Waals surface area contributed by atoms with Crippen molar-refractivity contribution in [2.75, 3.05) is 26.2 Å². The lowest BCUT2D eigenvalue weighted by Gasteiger charge is -2.26. The molecule has 1 fully saturated rings. The maximum Gasteiger partial charge on any atom is 0.0457 e. The molecule has 96 valence electrons. The molecule has 3 rings (SSSR count). The van der Waals surface area contributed by atoms with Crippen LogP contribution in [-0.4, -0.2) is 36.1 Å². The Morgan fingerprint density at radius 3 is 2.83 bits per heavy atom. The van der Waals surface area contributed by atoms with Gasteiger partial charge in [-0.25, -0.2) is 0 Å². The van der Waals surface area contributed by atoms with E-state index in [1.165, 1.54) is 22.0 Å². The van der Waals surface area contributed by atoms with Gasteiger partial charge in [0.15, 0.2) is 0 Å². The van der Waals surface area contributed by atoms with E-state index in [1.54, 1.807) is 0 Å². The lowest BCUT2D eigenvalue weighted by Crippen LogP contribution is -2.42. The first-order valence-corrected chi connectivity index (χ1v) is 6.59. The van der Waals surface area contributed by atoms with E-state index in [4.69, 9.17) is 5.73 Å². The van der Waals surface area contributed by atoms with Crippen LogP contribution in [0, 0.1) is 0 Å². The van der Waals surface area contributed by atoms with Crippen molar-refractivity contribution >= 4 is 10.9 Å². The number of hydrogen-bond donors (Lipinski definition) is 3. The maximum atomic E-state index is 5.72. The summed E-state index contributed by atoms with van der Waals surface area (Å²) in [4.78, 5) is 5.84. The summed E-state index contributed by atoms with van der Waals surface area (Å²) in [5, 5.41) is 4.70. The average Bonchev–Trinajstić information content (AvgIpc) is 2.82. The highest BCUT2D eigenvalue weighted by Crippen LogP contribution is 2.21. The lowest BCUT2D eigenvalue weighted by molar-refractivity contribution is 0.234. The summed E-state index contributed by atoms with van der Waals surface area (Å²) in [6.45, 7) is 6.07. The van der Waals surface area contributed by atoms with Gasteiger partial charge in [0.2, 0.25) is 0 Å². The van der Waals surface area contributed by atoms with E-state index in [2.05, 4.69) is 39.6 Å². The Labute approximate surface area is 107 Å². The zero-order valence-electron chi connectivity index (χ0n) is 10.6. The highest BCUT2D eigenvalue weighted by Gasteiger charge is 2.12. The molecule has 0 radical (unpaired) electrons. The van der Waals surface area contributed by atoms with Crippen LogP contribution < -0.4 is 11.1 Å². The van der Waals surface area contributed by atoms with Crippen molar-refractivity contribution in [2.45, 2.75) is 13.1 Å². The maximum absolute atomic E-state index is 5.72. The molecule has 0 aliphatic carbocycles. The standard InChI is InChI=1S/C14H20N4/c15-8-11-1-2-14-13(7-11)12(9-17-14)10-18-5-3-16-4-6-18/h1-2,7,9,16-17H,3-6,8,10,15H2. The summed E-state index contributed by atoms with van der Waals surface area (Å²) in [6, 6.07) is 6.43. The number of hydrogen-bond acceptors (Lipinski definition) is 3. The molecule has 1 aliphatic rings. The molecule has 1 aromatic heterocycles. The van der Waals surface area contributed by atoms with Gasteiger partial charge in [-0.15, -0.1) is 0 Å². The van der Waals surface area contributed by atoms with Crippen LogP contribution in [0.3, 0.4) is 0 Å². The molecule has 0 spiro atoms. The van der Waals surface area contributed by atoms with Crippen molar-refractivity contribution in [3.05, 3.63) is 35.5 Å². The molecule has 0 saturated carbocycles. The van der Waals surface area contributed by atoms with Crippen molar-refractivity contribution in [2.24, 2.45) is 5.73 Å². The fourth-order valence-electron chi connectivity index (χ4n) is 2.59. The third-order valence-electron chi connectivity index (χ3n) is 3.67. The summed E-state index contributed by atoms with van der Waals surface area (Å²) < 4.78 is 0. The minimum atomic E-state index is 0.605. The van der Waals surface area contributed by atoms with E-state index in [-0.39, 0.29) is 0 Å². The third kappa shape index (κ3) is 2.27. The number of nitrogens with two attached hydrogens (primary N) is 1. The zero-order chi connectivity index (χ0) is 12.4. The minimum Gasteiger partial charge on any atom is -0.361 e. The van der Waals surface area contributed by atoms with Crippen molar-refractivity contribution in [3.63, 3.8) is 0 Å². The molecule has 4 N–H and O–H groups in total. The van der Waals surface area contributed by atoms with Crippen molar-refractivity contribution < 1.29 is 0 Å². The molecule has 1 aliphatic heterocycles. The number of benzene rings is 1. The molecule has 0 bridgehead atoms. The van der Waals surface area contributed by atoms with Crippen LogP contribution in [0.4, 0.5) is 0 Å². The van der Waals surface area contributed by atoms with E-state index in [9.17, 15) is 0 Å². The van der Waals surface area contributed by atoms with Crippen molar-refractivity contribution in [3.8, 4) is 0 Å². The minimum absolute atomic E-state index is 0.605. The summed E-state index contributed by atoms with van der Waals surface area (Å²) in [5.74, 6) is 0. The van der Waals surface area contributed by atoms with E-state index >= 15 is 0 Å². The Morgan fingerprint density at radius 2 is 2.06 bits per heavy atom. The van der Waals surface area contributed by atoms with Crippen LogP contribution in [-0.2, 0) is 13.1 Å². The summed E-state index contributed by atoms with van der Waals surface area (Å²) in [6.07, 6.45) is 2.13. The molecule has 1 saturated heterocycles. The van der Waals surface area contributed by atoms with Crippen LogP contribution in [0.25, 0.3) is 10.9 Å². The van der Waals surface area contributed by atoms with Gasteiger partial charge in [-0.2, -0.15) is 0 Å². The highest BCUT2D eigenvalue weighted by molar-refractivity contribution is 5.83. The Kier molecular flexibility index (Phi) is 3.32. The molecule has 4 nitrogen and oxygen atoms in total. The van der Waals surface area contributed by atoms with Crippen molar-refractivity contribution in [1.82, 2.24) is 15.2 Å². The quantitative estimate of drug-likeness (QED) is 0.756. The molecular formula is C14H20N4. The van der Waals surface area contributed by atoms with Gasteiger partial charge in [0, 0.05) is 56.4 Å². The fraction of sp³-hybridized carbons (Fsp3) is 0.429. The summed E-state index contributed by atoms with van der Waals surface area (Å²) in [7, 11) is 0. The second-order valence-corrected chi connectivity index (χ2v) is 4.92. The van der Waals surface area contributed by atoms with E-state index < -0.39 is 0 Å². The summed E-state index contributed by atoms with van der Waals surface area (Å²) >= 11 is 0. The second kappa shape index (κ2) is 5.10. The molecule has 4 heteroatoms. The van der Waals surface area contributed by atoms with Crippen LogP contribution in [0.1, 0.15) is 11.1 Å². The molecular weight excluding hydrogens is 224 g/mol. The average molecular weight is 244 g/mol. The first-order valence-electron chi connectivity index (χ1n) is 6.59. The largest absolute Gasteiger partial charge is 0.361 e. The Bertz CT molecular complexity index is 526. The zero-order valence-corrected chi connectivity index (χ0v) is 10.6. The van der Waals surface area contributed by atoms with Crippen molar-refractivity contribution in [1.29, 1.82) is 0 Å². The van der Waals surface area contributed by atoms with E-state index in [0.29, 0.717) is 6.54 Å². The monoisotopic (exact) mass is 244 g/mol. The van der Waals surface area contributed by atoms with Gasteiger partial charge in [0.1, 0.15) is 0 Å². The number of fused-ring (bicyclic) bond motifs is 1. The number of aromatic nitrogens is 1. The molecule has 0 amide bonds. The predicted molar refractivity (Wildman–Crippen MR) is 74.3 cm³/mol. The van der Waals surface area contributed by atoms with Gasteiger partial charge in [0.25, 0.3) is 0 Å². The topological polar surface area (TPSA) is 57.1 Å². The van der Waals surface area contributed by atoms with Crippen LogP contribution in [0.5, 0.6) is 0 Å². The number of aromatic amines is 1. The highest BCUT2D eigenvalue weighted by atomic mass is 15.2. The molecule has 18 heavy (non-hydrogen) atoms. The molecule has 1 aromatic carbocycles. The molecule has 2 heterocycles. The SMILES string of the molecule is NCc1ccc2[nH]cc(CN3CCNCC3)c2c1. The number of nitrogens with one attached hydrogen (secondary N) is 2. The summed E-state index contributed by atoms with van der Waals surface area (Å²) in [5.41, 5.74) is 9.50. The van der Waals surface area contributed by atoms with Crippen LogP contribution in [0.15, 0.2) is 24.4 Å². The number of rotatable bonds is 3. The van der Waals surface area contributed by atoms with Gasteiger partial charge in [-0.3, -0.25) is 4.90 Å². The van der Waals surface area contributed by atoms with E-state index in [0.717, 1.165) is 32.7 Å². The first kappa shape index (κ1) is 11.7. The van der Waals surface area contributed by atoms with Crippen LogP contribution in [0.2, 0.25) is 0 Å². The Hall–Kier alpha value is -1.36.